The molecule has 0 bridgehead atoms. The van der Waals surface area contributed by atoms with Crippen LogP contribution in [0.4, 0.5) is 0 Å². The van der Waals surface area contributed by atoms with E-state index in [1.807, 2.05) is 11.8 Å². The summed E-state index contributed by atoms with van der Waals surface area (Å²) in [6.07, 6.45) is 9.34. The molecule has 0 spiro atoms. The lowest BCUT2D eigenvalue weighted by atomic mass is 10.2. The topological polar surface area (TPSA) is 3.24 Å². The number of hydrogen-bond acceptors (Lipinski definition) is 2. The average molecular weight is 185 g/mol. The maximum atomic E-state index is 5.18. The van der Waals surface area contributed by atoms with Gasteiger partial charge in [-0.2, -0.15) is 11.8 Å². The number of nitrogens with zero attached hydrogens (tertiary/aromatic N) is 1. The quantitative estimate of drug-likeness (QED) is 0.460. The van der Waals surface area contributed by atoms with Crippen molar-refractivity contribution in [3.63, 3.8) is 0 Å². The largest absolute Gasteiger partial charge is 0.303 e. The van der Waals surface area contributed by atoms with Gasteiger partial charge in [-0.05, 0) is 33.2 Å². The Bertz CT molecular complexity index is 139. The van der Waals surface area contributed by atoms with Gasteiger partial charge in [0.1, 0.15) is 0 Å². The zero-order valence-corrected chi connectivity index (χ0v) is 9.16. The molecular formula is C10H19NS. The van der Waals surface area contributed by atoms with Gasteiger partial charge >= 0.3 is 0 Å². The second-order valence-electron chi connectivity index (χ2n) is 3.09. The number of terminal acetylenes is 1. The molecule has 0 aliphatic rings. The van der Waals surface area contributed by atoms with Gasteiger partial charge in [0.05, 0.1) is 0 Å². The number of unbranched alkanes of at least 4 members (excludes halogenated alkanes) is 1. The van der Waals surface area contributed by atoms with Gasteiger partial charge in [0.15, 0.2) is 0 Å². The van der Waals surface area contributed by atoms with Crippen molar-refractivity contribution in [3.05, 3.63) is 0 Å². The van der Waals surface area contributed by atoms with Crippen molar-refractivity contribution in [2.45, 2.75) is 25.8 Å². The predicted molar refractivity (Wildman–Crippen MR) is 58.5 cm³/mol. The molecule has 0 amide bonds. The molecule has 0 aromatic rings. The van der Waals surface area contributed by atoms with Crippen molar-refractivity contribution in [1.29, 1.82) is 0 Å². The molecule has 70 valence electrons. The van der Waals surface area contributed by atoms with Crippen LogP contribution in [0.15, 0.2) is 0 Å². The van der Waals surface area contributed by atoms with E-state index in [9.17, 15) is 0 Å². The molecule has 1 atom stereocenters. The van der Waals surface area contributed by atoms with Gasteiger partial charge in [-0.3, -0.25) is 0 Å². The van der Waals surface area contributed by atoms with Gasteiger partial charge in [0.25, 0.3) is 0 Å². The van der Waals surface area contributed by atoms with Gasteiger partial charge < -0.3 is 4.90 Å². The van der Waals surface area contributed by atoms with Crippen molar-refractivity contribution in [1.82, 2.24) is 4.90 Å². The molecule has 0 radical (unpaired) electrons. The Morgan fingerprint density at radius 3 is 2.75 bits per heavy atom. The van der Waals surface area contributed by atoms with Crippen LogP contribution in [0.3, 0.4) is 0 Å². The van der Waals surface area contributed by atoms with E-state index in [-0.39, 0.29) is 0 Å². The molecule has 1 nitrogen and oxygen atoms in total. The zero-order chi connectivity index (χ0) is 9.40. The van der Waals surface area contributed by atoms with Crippen LogP contribution in [0.1, 0.15) is 19.8 Å². The fraction of sp³-hybridized carbons (Fsp3) is 0.800. The SMILES string of the molecule is C#CCCCN(C)C(C)CSC. The average Bonchev–Trinajstić information content (AvgIpc) is 2.05. The van der Waals surface area contributed by atoms with Crippen LogP contribution in [-0.2, 0) is 0 Å². The molecule has 0 aromatic carbocycles. The van der Waals surface area contributed by atoms with E-state index in [1.54, 1.807) is 0 Å². The van der Waals surface area contributed by atoms with Crippen molar-refractivity contribution >= 4 is 11.8 Å². The minimum Gasteiger partial charge on any atom is -0.303 e. The molecule has 0 fully saturated rings. The Morgan fingerprint density at radius 2 is 2.25 bits per heavy atom. The first-order valence-corrected chi connectivity index (χ1v) is 5.74. The summed E-state index contributed by atoms with van der Waals surface area (Å²) >= 11 is 1.90. The lowest BCUT2D eigenvalue weighted by Gasteiger charge is -2.23. The molecule has 0 heterocycles. The molecule has 0 aromatic heterocycles. The third kappa shape index (κ3) is 5.51. The molecule has 0 aliphatic carbocycles. The van der Waals surface area contributed by atoms with E-state index in [1.165, 1.54) is 5.75 Å². The first kappa shape index (κ1) is 11.9. The Hall–Kier alpha value is -0.130. The van der Waals surface area contributed by atoms with Crippen molar-refractivity contribution in [3.8, 4) is 12.3 Å². The van der Waals surface area contributed by atoms with Crippen LogP contribution in [0.25, 0.3) is 0 Å². The normalized spacial score (nSPS) is 12.9. The van der Waals surface area contributed by atoms with Crippen LogP contribution in [-0.4, -0.2) is 36.5 Å². The fourth-order valence-electron chi connectivity index (χ4n) is 1.02. The van der Waals surface area contributed by atoms with E-state index in [2.05, 4.69) is 31.0 Å². The monoisotopic (exact) mass is 185 g/mol. The lowest BCUT2D eigenvalue weighted by Crippen LogP contribution is -2.31. The molecule has 0 N–H and O–H groups in total. The molecule has 0 rings (SSSR count). The minimum atomic E-state index is 0.665. The van der Waals surface area contributed by atoms with Crippen molar-refractivity contribution in [2.24, 2.45) is 0 Å². The van der Waals surface area contributed by atoms with Crippen LogP contribution in [0, 0.1) is 12.3 Å². The van der Waals surface area contributed by atoms with Crippen LogP contribution >= 0.6 is 11.8 Å². The lowest BCUT2D eigenvalue weighted by molar-refractivity contribution is 0.276. The molecule has 12 heavy (non-hydrogen) atoms. The summed E-state index contributed by atoms with van der Waals surface area (Å²) in [5, 5.41) is 0. The molecule has 0 saturated carbocycles. The zero-order valence-electron chi connectivity index (χ0n) is 8.34. The van der Waals surface area contributed by atoms with Crippen LogP contribution < -0.4 is 0 Å². The molecular weight excluding hydrogens is 166 g/mol. The summed E-state index contributed by atoms with van der Waals surface area (Å²) in [5.41, 5.74) is 0. The summed E-state index contributed by atoms with van der Waals surface area (Å²) < 4.78 is 0. The molecule has 1 unspecified atom stereocenters. The van der Waals surface area contributed by atoms with E-state index < -0.39 is 0 Å². The molecule has 0 saturated heterocycles. The molecule has 2 heteroatoms. The highest BCUT2D eigenvalue weighted by atomic mass is 32.2. The third-order valence-electron chi connectivity index (χ3n) is 1.99. The molecule has 0 aliphatic heterocycles. The fourth-order valence-corrected chi connectivity index (χ4v) is 1.76. The standard InChI is InChI=1S/C10H19NS/c1-5-6-7-8-11(3)10(2)9-12-4/h1,10H,6-9H2,2-4H3. The second-order valence-corrected chi connectivity index (χ2v) is 4.00. The summed E-state index contributed by atoms with van der Waals surface area (Å²) in [6, 6.07) is 0.665. The van der Waals surface area contributed by atoms with E-state index in [4.69, 9.17) is 6.42 Å². The van der Waals surface area contributed by atoms with Gasteiger partial charge in [-0.1, -0.05) is 0 Å². The highest BCUT2D eigenvalue weighted by Crippen LogP contribution is 2.04. The Balaban J connectivity index is 3.43. The number of hydrogen-bond donors (Lipinski definition) is 0. The second kappa shape index (κ2) is 7.52. The van der Waals surface area contributed by atoms with Crippen LogP contribution in [0.5, 0.6) is 0 Å². The summed E-state index contributed by atoms with van der Waals surface area (Å²) in [6.45, 7) is 3.37. The van der Waals surface area contributed by atoms with Crippen molar-refractivity contribution < 1.29 is 0 Å². The van der Waals surface area contributed by atoms with Gasteiger partial charge in [0.2, 0.25) is 0 Å². The highest BCUT2D eigenvalue weighted by molar-refractivity contribution is 7.98. The van der Waals surface area contributed by atoms with Gasteiger partial charge in [0, 0.05) is 18.2 Å². The van der Waals surface area contributed by atoms with E-state index in [0.29, 0.717) is 6.04 Å². The van der Waals surface area contributed by atoms with Gasteiger partial charge in [-0.15, -0.1) is 12.3 Å². The van der Waals surface area contributed by atoms with Crippen molar-refractivity contribution in [2.75, 3.05) is 25.6 Å². The maximum Gasteiger partial charge on any atom is 0.0154 e. The van der Waals surface area contributed by atoms with Crippen LogP contribution in [0.2, 0.25) is 0 Å². The highest BCUT2D eigenvalue weighted by Gasteiger charge is 2.06. The summed E-state index contributed by atoms with van der Waals surface area (Å²) in [4.78, 5) is 2.37. The maximum absolute atomic E-state index is 5.18. The smallest absolute Gasteiger partial charge is 0.0154 e. The number of rotatable bonds is 6. The summed E-state index contributed by atoms with van der Waals surface area (Å²) in [5.74, 6) is 3.86. The Kier molecular flexibility index (Phi) is 7.43. The first-order chi connectivity index (χ1) is 5.72. The van der Waals surface area contributed by atoms with Gasteiger partial charge in [-0.25, -0.2) is 0 Å². The summed E-state index contributed by atoms with van der Waals surface area (Å²) in [7, 11) is 2.16. The van der Waals surface area contributed by atoms with E-state index >= 15 is 0 Å². The predicted octanol–water partition coefficient (Wildman–Crippen LogP) is 2.08. The third-order valence-corrected chi connectivity index (χ3v) is 2.81. The Labute approximate surface area is 80.9 Å². The van der Waals surface area contributed by atoms with E-state index in [0.717, 1.165) is 19.4 Å². The minimum absolute atomic E-state index is 0.665. The number of thioether (sulfide) groups is 1. The Morgan fingerprint density at radius 1 is 1.58 bits per heavy atom. The first-order valence-electron chi connectivity index (χ1n) is 4.35.